The van der Waals surface area contributed by atoms with Gasteiger partial charge in [-0.05, 0) is 0 Å². The molecule has 0 radical (unpaired) electrons. The van der Waals surface area contributed by atoms with Crippen molar-refractivity contribution >= 4 is 21.7 Å². The van der Waals surface area contributed by atoms with E-state index in [0.29, 0.717) is 5.52 Å². The normalized spacial score (nSPS) is 10.5. The van der Waals surface area contributed by atoms with Crippen LogP contribution in [0.1, 0.15) is 0 Å². The first-order valence-corrected chi connectivity index (χ1v) is 3.59. The summed E-state index contributed by atoms with van der Waals surface area (Å²) in [6.45, 7) is 0. The molecule has 0 spiro atoms. The van der Waals surface area contributed by atoms with Gasteiger partial charge < -0.3 is 0 Å². The summed E-state index contributed by atoms with van der Waals surface area (Å²) < 4.78 is 12.4. The third-order valence-electron chi connectivity index (χ3n) is 1.15. The number of aromatic nitrogens is 2. The molecule has 0 fully saturated rings. The van der Waals surface area contributed by atoms with Crippen LogP contribution in [0.4, 0.5) is 4.39 Å². The SMILES string of the molecule is Fc1cnc2scnc2c1. The topological polar surface area (TPSA) is 25.8 Å². The molecule has 0 aliphatic rings. The molecule has 0 saturated carbocycles. The van der Waals surface area contributed by atoms with E-state index in [1.807, 2.05) is 0 Å². The van der Waals surface area contributed by atoms with Crippen LogP contribution in [0.15, 0.2) is 17.8 Å². The van der Waals surface area contributed by atoms with Gasteiger partial charge in [-0.1, -0.05) is 0 Å². The Kier molecular flexibility index (Phi) is 1.14. The Bertz CT molecular complexity index is 357. The van der Waals surface area contributed by atoms with E-state index in [4.69, 9.17) is 0 Å². The summed E-state index contributed by atoms with van der Waals surface area (Å²) in [7, 11) is 0. The molecule has 0 unspecified atom stereocenters. The van der Waals surface area contributed by atoms with Crippen molar-refractivity contribution in [3.05, 3.63) is 23.6 Å². The number of hydrogen-bond donors (Lipinski definition) is 0. The first-order chi connectivity index (χ1) is 4.86. The van der Waals surface area contributed by atoms with E-state index in [1.54, 1.807) is 5.51 Å². The zero-order chi connectivity index (χ0) is 6.97. The number of halogens is 1. The maximum absolute atomic E-state index is 12.4. The Morgan fingerprint density at radius 1 is 1.40 bits per heavy atom. The number of nitrogens with zero attached hydrogens (tertiary/aromatic N) is 2. The highest BCUT2D eigenvalue weighted by Crippen LogP contribution is 2.14. The fourth-order valence-corrected chi connectivity index (χ4v) is 1.34. The molecule has 0 aliphatic heterocycles. The third-order valence-corrected chi connectivity index (χ3v) is 1.90. The van der Waals surface area contributed by atoms with E-state index in [0.717, 1.165) is 4.83 Å². The van der Waals surface area contributed by atoms with Crippen LogP contribution in [-0.4, -0.2) is 9.97 Å². The molecule has 2 aromatic rings. The molecule has 2 nitrogen and oxygen atoms in total. The highest BCUT2D eigenvalue weighted by Gasteiger charge is 1.97. The van der Waals surface area contributed by atoms with Crippen molar-refractivity contribution in [2.45, 2.75) is 0 Å². The second kappa shape index (κ2) is 1.98. The number of hydrogen-bond acceptors (Lipinski definition) is 3. The van der Waals surface area contributed by atoms with Crippen LogP contribution < -0.4 is 0 Å². The van der Waals surface area contributed by atoms with Crippen LogP contribution in [-0.2, 0) is 0 Å². The van der Waals surface area contributed by atoms with Crippen LogP contribution in [0.25, 0.3) is 10.3 Å². The van der Waals surface area contributed by atoms with E-state index in [2.05, 4.69) is 9.97 Å². The lowest BCUT2D eigenvalue weighted by atomic mass is 10.4. The summed E-state index contributed by atoms with van der Waals surface area (Å²) in [4.78, 5) is 8.50. The van der Waals surface area contributed by atoms with Gasteiger partial charge in [0.25, 0.3) is 0 Å². The Labute approximate surface area is 60.4 Å². The van der Waals surface area contributed by atoms with Gasteiger partial charge in [0.1, 0.15) is 16.2 Å². The molecule has 0 amide bonds. The van der Waals surface area contributed by atoms with Crippen molar-refractivity contribution in [3.8, 4) is 0 Å². The van der Waals surface area contributed by atoms with Crippen molar-refractivity contribution in [3.63, 3.8) is 0 Å². The first-order valence-electron chi connectivity index (χ1n) is 2.71. The van der Waals surface area contributed by atoms with Gasteiger partial charge >= 0.3 is 0 Å². The largest absolute Gasteiger partial charge is 0.243 e. The quantitative estimate of drug-likeness (QED) is 0.578. The Hall–Kier alpha value is -1.03. The third kappa shape index (κ3) is 0.769. The van der Waals surface area contributed by atoms with Crippen LogP contribution >= 0.6 is 11.3 Å². The fraction of sp³-hybridized carbons (Fsp3) is 0. The van der Waals surface area contributed by atoms with E-state index in [-0.39, 0.29) is 5.82 Å². The molecule has 0 saturated heterocycles. The molecule has 2 heterocycles. The van der Waals surface area contributed by atoms with Gasteiger partial charge in [0.05, 0.1) is 11.7 Å². The smallest absolute Gasteiger partial charge is 0.143 e. The lowest BCUT2D eigenvalue weighted by molar-refractivity contribution is 0.624. The second-order valence-corrected chi connectivity index (χ2v) is 2.66. The molecular formula is C6H3FN2S. The Morgan fingerprint density at radius 2 is 2.30 bits per heavy atom. The fourth-order valence-electron chi connectivity index (χ4n) is 0.732. The van der Waals surface area contributed by atoms with E-state index in [1.165, 1.54) is 23.6 Å². The van der Waals surface area contributed by atoms with Crippen molar-refractivity contribution in [1.29, 1.82) is 0 Å². The highest BCUT2D eigenvalue weighted by atomic mass is 32.1. The number of fused-ring (bicyclic) bond motifs is 1. The van der Waals surface area contributed by atoms with E-state index in [9.17, 15) is 4.39 Å². The number of thiazole rings is 1. The maximum atomic E-state index is 12.4. The summed E-state index contributed by atoms with van der Waals surface area (Å²) >= 11 is 1.41. The lowest BCUT2D eigenvalue weighted by Gasteiger charge is -1.84. The summed E-state index contributed by atoms with van der Waals surface area (Å²) in [5, 5.41) is 0. The van der Waals surface area contributed by atoms with Gasteiger partial charge in [0.15, 0.2) is 0 Å². The highest BCUT2D eigenvalue weighted by molar-refractivity contribution is 7.16. The van der Waals surface area contributed by atoms with Crippen LogP contribution in [0.3, 0.4) is 0 Å². The maximum Gasteiger partial charge on any atom is 0.143 e. The van der Waals surface area contributed by atoms with Gasteiger partial charge in [-0.25, -0.2) is 14.4 Å². The lowest BCUT2D eigenvalue weighted by Crippen LogP contribution is -1.76. The summed E-state index contributed by atoms with van der Waals surface area (Å²) in [5.74, 6) is -0.335. The molecule has 0 aliphatic carbocycles. The summed E-state index contributed by atoms with van der Waals surface area (Å²) in [6, 6.07) is 1.37. The monoisotopic (exact) mass is 154 g/mol. The standard InChI is InChI=1S/C6H3FN2S/c7-4-1-5-6(8-2-4)10-3-9-5/h1-3H. The first kappa shape index (κ1) is 5.73. The summed E-state index contributed by atoms with van der Waals surface area (Å²) in [5.41, 5.74) is 2.28. The van der Waals surface area contributed by atoms with Gasteiger partial charge in [-0.3, -0.25) is 0 Å². The van der Waals surface area contributed by atoms with E-state index < -0.39 is 0 Å². The zero-order valence-corrected chi connectivity index (χ0v) is 5.73. The number of rotatable bonds is 0. The molecular weight excluding hydrogens is 151 g/mol. The van der Waals surface area contributed by atoms with Crippen molar-refractivity contribution < 1.29 is 4.39 Å². The Morgan fingerprint density at radius 3 is 3.20 bits per heavy atom. The predicted molar refractivity (Wildman–Crippen MR) is 37.4 cm³/mol. The summed E-state index contributed by atoms with van der Waals surface area (Å²) in [6.07, 6.45) is 1.19. The Balaban J connectivity index is 2.86. The van der Waals surface area contributed by atoms with Crippen LogP contribution in [0, 0.1) is 5.82 Å². The molecule has 0 atom stereocenters. The number of pyridine rings is 1. The molecule has 0 N–H and O–H groups in total. The van der Waals surface area contributed by atoms with Crippen molar-refractivity contribution in [2.24, 2.45) is 0 Å². The minimum Gasteiger partial charge on any atom is -0.243 e. The van der Waals surface area contributed by atoms with Crippen molar-refractivity contribution in [2.75, 3.05) is 0 Å². The molecule has 2 aromatic heterocycles. The van der Waals surface area contributed by atoms with E-state index >= 15 is 0 Å². The molecule has 50 valence electrons. The average Bonchev–Trinajstić information content (AvgIpc) is 2.33. The minimum atomic E-state index is -0.335. The second-order valence-electron chi connectivity index (χ2n) is 1.83. The average molecular weight is 154 g/mol. The molecule has 4 heteroatoms. The molecule has 10 heavy (non-hydrogen) atoms. The predicted octanol–water partition coefficient (Wildman–Crippen LogP) is 1.83. The van der Waals surface area contributed by atoms with Gasteiger partial charge in [0.2, 0.25) is 0 Å². The molecule has 2 rings (SSSR count). The van der Waals surface area contributed by atoms with Gasteiger partial charge in [0, 0.05) is 6.07 Å². The molecule has 0 bridgehead atoms. The zero-order valence-electron chi connectivity index (χ0n) is 4.91. The van der Waals surface area contributed by atoms with Gasteiger partial charge in [-0.2, -0.15) is 0 Å². The minimum absolute atomic E-state index is 0.335. The molecule has 0 aromatic carbocycles. The van der Waals surface area contributed by atoms with Gasteiger partial charge in [-0.15, -0.1) is 11.3 Å². The van der Waals surface area contributed by atoms with Crippen molar-refractivity contribution in [1.82, 2.24) is 9.97 Å². The van der Waals surface area contributed by atoms with Crippen LogP contribution in [0.2, 0.25) is 0 Å². The van der Waals surface area contributed by atoms with Crippen LogP contribution in [0.5, 0.6) is 0 Å².